The Balaban J connectivity index is 1.28. The highest BCUT2D eigenvalue weighted by Crippen LogP contribution is 2.49. The molecule has 7 rings (SSSR count). The van der Waals surface area contributed by atoms with Crippen molar-refractivity contribution >= 4 is 33.2 Å². The van der Waals surface area contributed by atoms with E-state index in [4.69, 9.17) is 25.8 Å². The minimum absolute atomic E-state index is 0.222. The monoisotopic (exact) mass is 782 g/mol. The lowest BCUT2D eigenvalue weighted by Crippen LogP contribution is -2.59. The van der Waals surface area contributed by atoms with Gasteiger partial charge in [0.25, 0.3) is 5.91 Å². The fraction of sp³-hybridized carbons (Fsp3) is 0.643. The first kappa shape index (κ1) is 39.6. The summed E-state index contributed by atoms with van der Waals surface area (Å²) in [6.45, 7) is 14.7. The Hall–Kier alpha value is -2.67. The predicted octanol–water partition coefficient (Wildman–Crippen LogP) is 5.92. The van der Waals surface area contributed by atoms with Crippen LogP contribution >= 0.6 is 11.6 Å². The number of hydrogen-bond donors (Lipinski definition) is 1. The van der Waals surface area contributed by atoms with E-state index in [0.717, 1.165) is 102 Å². The number of nitrogens with zero attached hydrogens (tertiary/aromatic N) is 3. The van der Waals surface area contributed by atoms with Crippen LogP contribution in [0.3, 0.4) is 0 Å². The molecule has 3 aliphatic heterocycles. The van der Waals surface area contributed by atoms with E-state index in [2.05, 4.69) is 50.6 Å². The van der Waals surface area contributed by atoms with Gasteiger partial charge >= 0.3 is 0 Å². The van der Waals surface area contributed by atoms with Gasteiger partial charge in [-0.15, -0.1) is 0 Å². The molecule has 1 N–H and O–H groups in total. The molecule has 2 fully saturated rings. The molecule has 1 saturated carbocycles. The number of anilines is 1. The van der Waals surface area contributed by atoms with Crippen molar-refractivity contribution in [1.29, 1.82) is 0 Å². The van der Waals surface area contributed by atoms with Crippen LogP contribution in [0.5, 0.6) is 5.75 Å². The summed E-state index contributed by atoms with van der Waals surface area (Å²) in [7, 11) is -2.20. The number of fused-ring (bicyclic) bond motifs is 4. The summed E-state index contributed by atoms with van der Waals surface area (Å²) in [6, 6.07) is 11.7. The van der Waals surface area contributed by atoms with E-state index in [1.165, 1.54) is 11.1 Å². The third kappa shape index (κ3) is 8.09. The van der Waals surface area contributed by atoms with Crippen LogP contribution in [-0.4, -0.2) is 114 Å². The van der Waals surface area contributed by atoms with Crippen molar-refractivity contribution in [2.45, 2.75) is 75.6 Å². The summed E-state index contributed by atoms with van der Waals surface area (Å²) >= 11 is 6.51. The number of carbonyl (C=O) groups is 1. The number of methoxy groups -OCH3 is 1. The van der Waals surface area contributed by atoms with Gasteiger partial charge in [-0.3, -0.25) is 14.6 Å². The van der Waals surface area contributed by atoms with Crippen LogP contribution < -0.4 is 14.4 Å². The first-order chi connectivity index (χ1) is 26.0. The van der Waals surface area contributed by atoms with Crippen molar-refractivity contribution in [3.05, 3.63) is 70.3 Å². The fourth-order valence-corrected chi connectivity index (χ4v) is 11.2. The molecule has 2 aliphatic carbocycles. The standard InChI is InChI=1S/C42H59ClN4O6S/c1-5-53-42(28-46-20-18-45(19-21-46)22-23-51-4)17-6-8-30(2)31(3)54(49,50)44-40(48)33-11-15-39-38(25-33)47(26-34-10-13-37(34)42)27-41(29-52-39)16-7-9-32-24-35(43)12-14-36(32)41/h6,11-12,14-15,17,24-25,30-31,34,37H,5,7-10,13,16,18-23,26-29H2,1-4H3,(H,44,48)/b17-6+/t30-,31+,34-,37+,41-,42-/m0/s1. The summed E-state index contributed by atoms with van der Waals surface area (Å²) in [4.78, 5) is 21.2. The lowest BCUT2D eigenvalue weighted by Gasteiger charge is -2.52. The van der Waals surface area contributed by atoms with E-state index in [1.54, 1.807) is 20.1 Å². The number of nitrogens with one attached hydrogen (secondary N) is 1. The molecule has 12 heteroatoms. The normalized spacial score (nSPS) is 32.4. The minimum atomic E-state index is -3.96. The van der Waals surface area contributed by atoms with E-state index in [9.17, 15) is 13.2 Å². The maximum absolute atomic E-state index is 13.7. The van der Waals surface area contributed by atoms with Gasteiger partial charge in [0.2, 0.25) is 10.0 Å². The Morgan fingerprint density at radius 2 is 1.85 bits per heavy atom. The van der Waals surface area contributed by atoms with Crippen molar-refractivity contribution in [2.75, 3.05) is 84.2 Å². The number of amides is 1. The third-order valence-corrected chi connectivity index (χ3v) is 15.3. The van der Waals surface area contributed by atoms with Gasteiger partial charge in [0.15, 0.2) is 0 Å². The topological polar surface area (TPSA) is 101 Å². The predicted molar refractivity (Wildman–Crippen MR) is 214 cm³/mol. The molecule has 1 amide bonds. The number of sulfonamides is 1. The maximum Gasteiger partial charge on any atom is 0.264 e. The van der Waals surface area contributed by atoms with Gasteiger partial charge in [-0.2, -0.15) is 0 Å². The average molecular weight is 783 g/mol. The molecular weight excluding hydrogens is 724 g/mol. The van der Waals surface area contributed by atoms with Gasteiger partial charge in [-0.05, 0) is 112 Å². The van der Waals surface area contributed by atoms with Crippen molar-refractivity contribution in [2.24, 2.45) is 17.8 Å². The second-order valence-electron chi connectivity index (χ2n) is 16.5. The number of ether oxygens (including phenoxy) is 3. The van der Waals surface area contributed by atoms with Gasteiger partial charge in [0.1, 0.15) is 11.4 Å². The fourth-order valence-electron chi connectivity index (χ4n) is 9.73. The molecule has 6 atom stereocenters. The molecule has 2 aromatic rings. The van der Waals surface area contributed by atoms with Crippen LogP contribution in [0.15, 0.2) is 48.6 Å². The molecule has 10 nitrogen and oxygen atoms in total. The molecule has 0 radical (unpaired) electrons. The number of piperazine rings is 1. The highest BCUT2D eigenvalue weighted by atomic mass is 35.5. The number of carbonyl (C=O) groups excluding carboxylic acids is 1. The van der Waals surface area contributed by atoms with Gasteiger partial charge in [-0.25, -0.2) is 13.1 Å². The number of rotatable bonds is 7. The highest BCUT2D eigenvalue weighted by molar-refractivity contribution is 7.90. The van der Waals surface area contributed by atoms with Gasteiger partial charge < -0.3 is 19.1 Å². The number of aryl methyl sites for hydroxylation is 1. The first-order valence-corrected chi connectivity index (χ1v) is 22.0. The maximum atomic E-state index is 13.7. The summed E-state index contributed by atoms with van der Waals surface area (Å²) in [6.07, 6.45) is 10.1. The zero-order chi connectivity index (χ0) is 38.1. The smallest absolute Gasteiger partial charge is 0.264 e. The molecule has 296 valence electrons. The SMILES string of the molecule is CCO[C@]1(CN2CCN(CCOC)CC2)/C=C/C[C@H](C)[C@@H](C)S(=O)(=O)NC(=O)c2ccc3c(c2)N(C[C@@H]2CC[C@H]21)C[C@@]1(CCCc2cc(Cl)ccc21)CO3. The van der Waals surface area contributed by atoms with Crippen LogP contribution in [0.4, 0.5) is 5.69 Å². The Morgan fingerprint density at radius 3 is 2.59 bits per heavy atom. The van der Waals surface area contributed by atoms with E-state index in [0.29, 0.717) is 36.9 Å². The second kappa shape index (κ2) is 16.4. The number of benzene rings is 2. The van der Waals surface area contributed by atoms with Crippen molar-refractivity contribution in [3.63, 3.8) is 0 Å². The van der Waals surface area contributed by atoms with Crippen LogP contribution in [-0.2, 0) is 31.3 Å². The summed E-state index contributed by atoms with van der Waals surface area (Å²) < 4.78 is 48.8. The zero-order valence-corrected chi connectivity index (χ0v) is 34.1. The van der Waals surface area contributed by atoms with E-state index in [1.807, 2.05) is 25.1 Å². The zero-order valence-electron chi connectivity index (χ0n) is 32.5. The van der Waals surface area contributed by atoms with Crippen LogP contribution in [0, 0.1) is 17.8 Å². The van der Waals surface area contributed by atoms with Crippen LogP contribution in [0.1, 0.15) is 74.4 Å². The van der Waals surface area contributed by atoms with Gasteiger partial charge in [0, 0.05) is 82.1 Å². The third-order valence-electron chi connectivity index (χ3n) is 13.2. The Bertz CT molecular complexity index is 1800. The molecule has 1 saturated heterocycles. The van der Waals surface area contributed by atoms with Gasteiger partial charge in [0.05, 0.1) is 24.2 Å². The second-order valence-corrected chi connectivity index (χ2v) is 19.0. The van der Waals surface area contributed by atoms with E-state index >= 15 is 0 Å². The molecule has 54 heavy (non-hydrogen) atoms. The summed E-state index contributed by atoms with van der Waals surface area (Å²) in [5.41, 5.74) is 2.90. The largest absolute Gasteiger partial charge is 0.490 e. The van der Waals surface area contributed by atoms with Gasteiger partial charge in [-0.1, -0.05) is 36.7 Å². The molecule has 1 spiro atoms. The highest BCUT2D eigenvalue weighted by Gasteiger charge is 2.50. The van der Waals surface area contributed by atoms with E-state index in [-0.39, 0.29) is 17.3 Å². The lowest BCUT2D eigenvalue weighted by atomic mass is 9.63. The molecule has 0 aromatic heterocycles. The molecule has 2 bridgehead atoms. The molecule has 2 aromatic carbocycles. The van der Waals surface area contributed by atoms with Crippen molar-refractivity contribution < 1.29 is 27.4 Å². The Kier molecular flexibility index (Phi) is 12.0. The van der Waals surface area contributed by atoms with E-state index < -0.39 is 26.8 Å². The van der Waals surface area contributed by atoms with Crippen molar-refractivity contribution in [1.82, 2.24) is 14.5 Å². The lowest BCUT2D eigenvalue weighted by molar-refractivity contribution is -0.112. The quantitative estimate of drug-likeness (QED) is 0.343. The summed E-state index contributed by atoms with van der Waals surface area (Å²) in [5, 5.41) is -0.0329. The van der Waals surface area contributed by atoms with Crippen molar-refractivity contribution in [3.8, 4) is 5.75 Å². The number of allylic oxidation sites excluding steroid dienone is 1. The average Bonchev–Trinajstić information content (AvgIpc) is 3.28. The number of halogens is 1. The molecule has 5 aliphatic rings. The van der Waals surface area contributed by atoms with Crippen LogP contribution in [0.25, 0.3) is 0 Å². The van der Waals surface area contributed by atoms with Crippen LogP contribution in [0.2, 0.25) is 5.02 Å². The Labute approximate surface area is 327 Å². The Morgan fingerprint density at radius 1 is 1.06 bits per heavy atom. The molecule has 3 heterocycles. The summed E-state index contributed by atoms with van der Waals surface area (Å²) in [5.74, 6) is 0.476. The molecule has 0 unspecified atom stereocenters. The molecular formula is C42H59ClN4O6S. The first-order valence-electron chi connectivity index (χ1n) is 20.1. The number of hydrogen-bond acceptors (Lipinski definition) is 9. The minimum Gasteiger partial charge on any atom is -0.490 e.